The molecule has 0 aliphatic heterocycles. The van der Waals surface area contributed by atoms with Crippen LogP contribution in [0.2, 0.25) is 0 Å². The Bertz CT molecular complexity index is 232. The van der Waals surface area contributed by atoms with Crippen LogP contribution in [-0.4, -0.2) is 22.5 Å². The van der Waals surface area contributed by atoms with Crippen molar-refractivity contribution >= 4 is 11.9 Å². The minimum atomic E-state index is -1.07. The lowest BCUT2D eigenvalue weighted by molar-refractivity contribution is -0.141. The molecule has 0 radical (unpaired) electrons. The van der Waals surface area contributed by atoms with E-state index in [9.17, 15) is 9.59 Å². The van der Waals surface area contributed by atoms with Crippen molar-refractivity contribution in [2.24, 2.45) is 0 Å². The van der Waals surface area contributed by atoms with Crippen LogP contribution in [0.15, 0.2) is 0 Å². The number of carboxylic acids is 1. The van der Waals surface area contributed by atoms with Crippen LogP contribution in [0.5, 0.6) is 0 Å². The maximum atomic E-state index is 11.2. The molecule has 0 saturated heterocycles. The molecule has 1 saturated carbocycles. The first-order valence-electron chi connectivity index (χ1n) is 5.05. The van der Waals surface area contributed by atoms with Gasteiger partial charge in [-0.3, -0.25) is 9.59 Å². The molecule has 2 N–H and O–H groups in total. The lowest BCUT2D eigenvalue weighted by Crippen LogP contribution is -2.47. The Hall–Kier alpha value is -1.06. The number of amides is 1. The van der Waals surface area contributed by atoms with Crippen LogP contribution in [0.3, 0.4) is 0 Å². The Kier molecular flexibility index (Phi) is 3.49. The van der Waals surface area contributed by atoms with E-state index in [1.54, 1.807) is 0 Å². The SMILES string of the molecule is CC1(NC(=O)CC(=O)O)CCCCC1. The molecule has 0 aromatic heterocycles. The molecule has 0 heterocycles. The van der Waals surface area contributed by atoms with Crippen LogP contribution >= 0.6 is 0 Å². The molecule has 0 aromatic carbocycles. The van der Waals surface area contributed by atoms with Crippen molar-refractivity contribution in [3.63, 3.8) is 0 Å². The zero-order valence-electron chi connectivity index (χ0n) is 8.51. The molecule has 0 atom stereocenters. The zero-order chi connectivity index (χ0) is 10.6. The number of nitrogens with one attached hydrogen (secondary N) is 1. The zero-order valence-corrected chi connectivity index (χ0v) is 8.51. The minimum absolute atomic E-state index is 0.176. The maximum Gasteiger partial charge on any atom is 0.312 e. The van der Waals surface area contributed by atoms with Crippen LogP contribution < -0.4 is 5.32 Å². The van der Waals surface area contributed by atoms with E-state index in [1.165, 1.54) is 6.42 Å². The fraction of sp³-hybridized carbons (Fsp3) is 0.800. The van der Waals surface area contributed by atoms with Crippen molar-refractivity contribution in [1.82, 2.24) is 5.32 Å². The van der Waals surface area contributed by atoms with Gasteiger partial charge in [-0.05, 0) is 19.8 Å². The van der Waals surface area contributed by atoms with E-state index in [1.807, 2.05) is 6.92 Å². The Morgan fingerprint density at radius 2 is 1.86 bits per heavy atom. The van der Waals surface area contributed by atoms with E-state index in [-0.39, 0.29) is 11.4 Å². The summed E-state index contributed by atoms with van der Waals surface area (Å²) in [6.07, 6.45) is 4.93. The number of aliphatic carboxylic acids is 1. The van der Waals surface area contributed by atoms with Crippen molar-refractivity contribution in [3.05, 3.63) is 0 Å². The molecule has 1 aliphatic carbocycles. The van der Waals surface area contributed by atoms with Crippen LogP contribution in [0.1, 0.15) is 45.4 Å². The smallest absolute Gasteiger partial charge is 0.312 e. The van der Waals surface area contributed by atoms with Gasteiger partial charge < -0.3 is 10.4 Å². The van der Waals surface area contributed by atoms with Crippen molar-refractivity contribution in [2.45, 2.75) is 51.0 Å². The monoisotopic (exact) mass is 199 g/mol. The normalized spacial score (nSPS) is 20.1. The molecule has 4 nitrogen and oxygen atoms in total. The average Bonchev–Trinajstić information content (AvgIpc) is 2.02. The molecule has 14 heavy (non-hydrogen) atoms. The molecule has 4 heteroatoms. The van der Waals surface area contributed by atoms with Crippen LogP contribution in [0.25, 0.3) is 0 Å². The van der Waals surface area contributed by atoms with Crippen LogP contribution in [0.4, 0.5) is 0 Å². The number of rotatable bonds is 3. The van der Waals surface area contributed by atoms with Gasteiger partial charge in [0.15, 0.2) is 0 Å². The van der Waals surface area contributed by atoms with Gasteiger partial charge >= 0.3 is 5.97 Å². The summed E-state index contributed by atoms with van der Waals surface area (Å²) >= 11 is 0. The number of carbonyl (C=O) groups is 2. The highest BCUT2D eigenvalue weighted by atomic mass is 16.4. The second-order valence-corrected chi connectivity index (χ2v) is 4.24. The third-order valence-corrected chi connectivity index (χ3v) is 2.71. The van der Waals surface area contributed by atoms with Gasteiger partial charge in [-0.2, -0.15) is 0 Å². The highest BCUT2D eigenvalue weighted by molar-refractivity contribution is 5.93. The summed E-state index contributed by atoms with van der Waals surface area (Å²) in [5.41, 5.74) is -0.176. The van der Waals surface area contributed by atoms with Crippen molar-refractivity contribution < 1.29 is 14.7 Å². The molecule has 1 aliphatic rings. The van der Waals surface area contributed by atoms with Gasteiger partial charge in [-0.25, -0.2) is 0 Å². The molecule has 0 unspecified atom stereocenters. The van der Waals surface area contributed by atoms with E-state index >= 15 is 0 Å². The Morgan fingerprint density at radius 3 is 2.36 bits per heavy atom. The summed E-state index contributed by atoms with van der Waals surface area (Å²) in [6, 6.07) is 0. The quantitative estimate of drug-likeness (QED) is 0.673. The molecule has 0 aromatic rings. The molecule has 1 fully saturated rings. The number of carbonyl (C=O) groups excluding carboxylic acids is 1. The molecular weight excluding hydrogens is 182 g/mol. The van der Waals surface area contributed by atoms with E-state index in [4.69, 9.17) is 5.11 Å². The second kappa shape index (κ2) is 4.44. The van der Waals surface area contributed by atoms with E-state index in [0.29, 0.717) is 0 Å². The topological polar surface area (TPSA) is 66.4 Å². The van der Waals surface area contributed by atoms with Gasteiger partial charge in [0, 0.05) is 5.54 Å². The Labute approximate surface area is 83.7 Å². The minimum Gasteiger partial charge on any atom is -0.481 e. The van der Waals surface area contributed by atoms with Gasteiger partial charge in [-0.1, -0.05) is 19.3 Å². The third kappa shape index (κ3) is 3.36. The first-order valence-corrected chi connectivity index (χ1v) is 5.05. The molecule has 0 bridgehead atoms. The third-order valence-electron chi connectivity index (χ3n) is 2.71. The van der Waals surface area contributed by atoms with Crippen molar-refractivity contribution in [3.8, 4) is 0 Å². The fourth-order valence-corrected chi connectivity index (χ4v) is 1.98. The molecule has 0 spiro atoms. The molecule has 1 amide bonds. The Morgan fingerprint density at radius 1 is 1.29 bits per heavy atom. The maximum absolute atomic E-state index is 11.2. The summed E-state index contributed by atoms with van der Waals surface area (Å²) in [5.74, 6) is -1.44. The number of carboxylic acid groups (broad SMARTS) is 1. The van der Waals surface area contributed by atoms with Gasteiger partial charge in [0.25, 0.3) is 0 Å². The van der Waals surface area contributed by atoms with Crippen molar-refractivity contribution in [2.75, 3.05) is 0 Å². The average molecular weight is 199 g/mol. The van der Waals surface area contributed by atoms with Gasteiger partial charge in [0.1, 0.15) is 6.42 Å². The van der Waals surface area contributed by atoms with Crippen LogP contribution in [-0.2, 0) is 9.59 Å². The summed E-state index contributed by atoms with van der Waals surface area (Å²) in [7, 11) is 0. The lowest BCUT2D eigenvalue weighted by Gasteiger charge is -2.34. The standard InChI is InChI=1S/C10H17NO3/c1-10(5-3-2-4-6-10)11-8(12)7-9(13)14/h2-7H2,1H3,(H,11,12)(H,13,14). The van der Waals surface area contributed by atoms with E-state index in [0.717, 1.165) is 25.7 Å². The Balaban J connectivity index is 2.41. The molecule has 80 valence electrons. The predicted octanol–water partition coefficient (Wildman–Crippen LogP) is 1.30. The summed E-state index contributed by atoms with van der Waals surface area (Å²) in [4.78, 5) is 21.5. The molecule has 1 rings (SSSR count). The number of hydrogen-bond acceptors (Lipinski definition) is 2. The fourth-order valence-electron chi connectivity index (χ4n) is 1.98. The van der Waals surface area contributed by atoms with Gasteiger partial charge in [-0.15, -0.1) is 0 Å². The number of hydrogen-bond donors (Lipinski definition) is 2. The highest BCUT2D eigenvalue weighted by Crippen LogP contribution is 2.27. The second-order valence-electron chi connectivity index (χ2n) is 4.24. The highest BCUT2D eigenvalue weighted by Gasteiger charge is 2.28. The summed E-state index contributed by atoms with van der Waals surface area (Å²) < 4.78 is 0. The van der Waals surface area contributed by atoms with Gasteiger partial charge in [0.2, 0.25) is 5.91 Å². The molecular formula is C10H17NO3. The largest absolute Gasteiger partial charge is 0.481 e. The van der Waals surface area contributed by atoms with Crippen molar-refractivity contribution in [1.29, 1.82) is 0 Å². The summed E-state index contributed by atoms with van der Waals surface area (Å²) in [6.45, 7) is 1.99. The first kappa shape index (κ1) is 11.0. The van der Waals surface area contributed by atoms with Crippen LogP contribution in [0, 0.1) is 0 Å². The van der Waals surface area contributed by atoms with E-state index in [2.05, 4.69) is 5.32 Å². The first-order chi connectivity index (χ1) is 6.52. The van der Waals surface area contributed by atoms with Gasteiger partial charge in [0.05, 0.1) is 0 Å². The van der Waals surface area contributed by atoms with E-state index < -0.39 is 12.4 Å². The lowest BCUT2D eigenvalue weighted by atomic mass is 9.83. The summed E-state index contributed by atoms with van der Waals surface area (Å²) in [5, 5.41) is 11.2. The predicted molar refractivity (Wildman–Crippen MR) is 51.9 cm³/mol.